The Bertz CT molecular complexity index is 1130. The van der Waals surface area contributed by atoms with E-state index in [-0.39, 0.29) is 29.9 Å². The molecule has 1 saturated heterocycles. The van der Waals surface area contributed by atoms with Crippen molar-refractivity contribution in [1.29, 1.82) is 0 Å². The molecule has 3 rings (SSSR count). The first-order valence-corrected chi connectivity index (χ1v) is 13.7. The van der Waals surface area contributed by atoms with Crippen LogP contribution >= 0.6 is 0 Å². The first-order valence-electron chi connectivity index (χ1n) is 12.3. The van der Waals surface area contributed by atoms with E-state index in [1.165, 1.54) is 33.5 Å². The van der Waals surface area contributed by atoms with Crippen LogP contribution in [0.2, 0.25) is 0 Å². The van der Waals surface area contributed by atoms with Crippen LogP contribution in [0.3, 0.4) is 0 Å². The lowest BCUT2D eigenvalue weighted by atomic mass is 10.1. The fraction of sp³-hybridized carbons (Fsp3) is 0.462. The standard InChI is InChI=1S/C26H35N3O7S/c1-4-13-27-26(31)20(2)29(18-21-5-7-22(34-3)8-6-21)25(30)19-36-23-9-11-24(12-10-23)37(32,33)28-14-16-35-17-15-28/h5-12,20H,4,13-19H2,1-3H3,(H,27,31). The fourth-order valence-electron chi connectivity index (χ4n) is 3.78. The summed E-state index contributed by atoms with van der Waals surface area (Å²) >= 11 is 0. The number of benzene rings is 2. The highest BCUT2D eigenvalue weighted by atomic mass is 32.2. The largest absolute Gasteiger partial charge is 0.497 e. The van der Waals surface area contributed by atoms with E-state index < -0.39 is 16.1 Å². The van der Waals surface area contributed by atoms with E-state index >= 15 is 0 Å². The molecule has 10 nitrogen and oxygen atoms in total. The summed E-state index contributed by atoms with van der Waals surface area (Å²) in [6, 6.07) is 12.5. The summed E-state index contributed by atoms with van der Waals surface area (Å²) in [7, 11) is -2.05. The number of nitrogens with zero attached hydrogens (tertiary/aromatic N) is 2. The van der Waals surface area contributed by atoms with E-state index in [1.54, 1.807) is 26.2 Å². The molecule has 1 unspecified atom stereocenters. The van der Waals surface area contributed by atoms with Gasteiger partial charge in [-0.1, -0.05) is 19.1 Å². The number of rotatable bonds is 12. The molecule has 0 bridgehead atoms. The third-order valence-electron chi connectivity index (χ3n) is 6.02. The highest BCUT2D eigenvalue weighted by molar-refractivity contribution is 7.89. The van der Waals surface area contributed by atoms with E-state index in [9.17, 15) is 18.0 Å². The second kappa shape index (κ2) is 13.4. The Balaban J connectivity index is 1.68. The van der Waals surface area contributed by atoms with Crippen LogP contribution < -0.4 is 14.8 Å². The van der Waals surface area contributed by atoms with E-state index in [1.807, 2.05) is 19.1 Å². The molecule has 2 aromatic carbocycles. The summed E-state index contributed by atoms with van der Waals surface area (Å²) in [5, 5.41) is 2.83. The van der Waals surface area contributed by atoms with Crippen LogP contribution in [0.5, 0.6) is 11.5 Å². The summed E-state index contributed by atoms with van der Waals surface area (Å²) in [6.45, 7) is 5.40. The van der Waals surface area contributed by atoms with Gasteiger partial charge in [-0.15, -0.1) is 0 Å². The average Bonchev–Trinajstić information content (AvgIpc) is 2.94. The van der Waals surface area contributed by atoms with Crippen molar-refractivity contribution in [3.05, 3.63) is 54.1 Å². The van der Waals surface area contributed by atoms with E-state index in [4.69, 9.17) is 14.2 Å². The van der Waals surface area contributed by atoms with Gasteiger partial charge in [0.05, 0.1) is 25.2 Å². The number of carbonyl (C=O) groups excluding carboxylic acids is 2. The number of morpholine rings is 1. The molecule has 2 aromatic rings. The third-order valence-corrected chi connectivity index (χ3v) is 7.94. The lowest BCUT2D eigenvalue weighted by molar-refractivity contribution is -0.142. The summed E-state index contributed by atoms with van der Waals surface area (Å²) in [6.07, 6.45) is 0.783. The number of sulfonamides is 1. The van der Waals surface area contributed by atoms with Crippen LogP contribution in [-0.4, -0.2) is 82.0 Å². The first-order chi connectivity index (χ1) is 17.8. The van der Waals surface area contributed by atoms with Gasteiger partial charge < -0.3 is 24.4 Å². The van der Waals surface area contributed by atoms with Crippen molar-refractivity contribution in [1.82, 2.24) is 14.5 Å². The van der Waals surface area contributed by atoms with Gasteiger partial charge in [0.15, 0.2) is 6.61 Å². The number of carbonyl (C=O) groups is 2. The maximum atomic E-state index is 13.2. The highest BCUT2D eigenvalue weighted by Crippen LogP contribution is 2.21. The monoisotopic (exact) mass is 533 g/mol. The van der Waals surface area contributed by atoms with Gasteiger partial charge in [0, 0.05) is 26.2 Å². The van der Waals surface area contributed by atoms with Gasteiger partial charge in [-0.2, -0.15) is 4.31 Å². The molecule has 2 amide bonds. The summed E-state index contributed by atoms with van der Waals surface area (Å²) in [5.41, 5.74) is 0.835. The van der Waals surface area contributed by atoms with Crippen LogP contribution in [0.25, 0.3) is 0 Å². The van der Waals surface area contributed by atoms with Gasteiger partial charge in [0.1, 0.15) is 17.5 Å². The number of methoxy groups -OCH3 is 1. The summed E-state index contributed by atoms with van der Waals surface area (Å²) in [4.78, 5) is 27.4. The Morgan fingerprint density at radius 3 is 2.27 bits per heavy atom. The molecule has 0 spiro atoms. The second-order valence-electron chi connectivity index (χ2n) is 8.61. The maximum absolute atomic E-state index is 13.2. The molecule has 202 valence electrons. The minimum atomic E-state index is -3.62. The molecule has 37 heavy (non-hydrogen) atoms. The molecular weight excluding hydrogens is 498 g/mol. The molecule has 1 N–H and O–H groups in total. The van der Waals surface area contributed by atoms with Crippen LogP contribution in [0.1, 0.15) is 25.8 Å². The van der Waals surface area contributed by atoms with Crippen molar-refractivity contribution in [2.75, 3.05) is 46.6 Å². The van der Waals surface area contributed by atoms with Gasteiger partial charge in [-0.25, -0.2) is 8.42 Å². The molecule has 1 heterocycles. The van der Waals surface area contributed by atoms with Crippen LogP contribution in [0, 0.1) is 0 Å². The summed E-state index contributed by atoms with van der Waals surface area (Å²) < 4.78 is 43.1. The predicted octanol–water partition coefficient (Wildman–Crippen LogP) is 2.04. The van der Waals surface area contributed by atoms with Crippen molar-refractivity contribution in [3.8, 4) is 11.5 Å². The number of hydrogen-bond donors (Lipinski definition) is 1. The number of amides is 2. The van der Waals surface area contributed by atoms with Gasteiger partial charge in [-0.05, 0) is 55.3 Å². The topological polar surface area (TPSA) is 114 Å². The minimum Gasteiger partial charge on any atom is -0.497 e. The molecule has 1 fully saturated rings. The Morgan fingerprint density at radius 1 is 1.05 bits per heavy atom. The molecule has 0 saturated carbocycles. The van der Waals surface area contributed by atoms with Gasteiger partial charge in [-0.3, -0.25) is 9.59 Å². The van der Waals surface area contributed by atoms with Crippen molar-refractivity contribution >= 4 is 21.8 Å². The van der Waals surface area contributed by atoms with Crippen molar-refractivity contribution in [2.45, 2.75) is 37.8 Å². The minimum absolute atomic E-state index is 0.149. The van der Waals surface area contributed by atoms with E-state index in [0.29, 0.717) is 44.3 Å². The SMILES string of the molecule is CCCNC(=O)C(C)N(Cc1ccc(OC)cc1)C(=O)COc1ccc(S(=O)(=O)N2CCOCC2)cc1. The predicted molar refractivity (Wildman–Crippen MR) is 138 cm³/mol. The second-order valence-corrected chi connectivity index (χ2v) is 10.6. The lowest BCUT2D eigenvalue weighted by Gasteiger charge is -2.29. The van der Waals surface area contributed by atoms with Crippen LogP contribution in [0.15, 0.2) is 53.4 Å². The molecule has 1 aliphatic rings. The van der Waals surface area contributed by atoms with Crippen LogP contribution in [0.4, 0.5) is 0 Å². The zero-order valence-electron chi connectivity index (χ0n) is 21.5. The summed E-state index contributed by atoms with van der Waals surface area (Å²) in [5.74, 6) is 0.418. The number of ether oxygens (including phenoxy) is 3. The van der Waals surface area contributed by atoms with E-state index in [0.717, 1.165) is 12.0 Å². The normalized spacial score (nSPS) is 15.0. The fourth-order valence-corrected chi connectivity index (χ4v) is 5.19. The molecule has 0 aromatic heterocycles. The Hall–Kier alpha value is -3.15. The van der Waals surface area contributed by atoms with Crippen LogP contribution in [-0.2, 0) is 30.9 Å². The first kappa shape index (κ1) is 28.4. The maximum Gasteiger partial charge on any atom is 0.261 e. The highest BCUT2D eigenvalue weighted by Gasteiger charge is 2.28. The van der Waals surface area contributed by atoms with Crippen molar-refractivity contribution in [2.24, 2.45) is 0 Å². The van der Waals surface area contributed by atoms with Gasteiger partial charge in [0.25, 0.3) is 5.91 Å². The van der Waals surface area contributed by atoms with Gasteiger partial charge in [0.2, 0.25) is 15.9 Å². The van der Waals surface area contributed by atoms with E-state index in [2.05, 4.69) is 5.32 Å². The molecule has 0 aliphatic carbocycles. The third kappa shape index (κ3) is 7.67. The van der Waals surface area contributed by atoms with Crippen molar-refractivity contribution in [3.63, 3.8) is 0 Å². The Morgan fingerprint density at radius 2 is 1.68 bits per heavy atom. The number of nitrogens with one attached hydrogen (secondary N) is 1. The number of hydrogen-bond acceptors (Lipinski definition) is 7. The average molecular weight is 534 g/mol. The lowest BCUT2D eigenvalue weighted by Crippen LogP contribution is -2.49. The molecule has 1 atom stereocenters. The molecule has 11 heteroatoms. The quantitative estimate of drug-likeness (QED) is 0.444. The molecular formula is C26H35N3O7S. The molecule has 1 aliphatic heterocycles. The smallest absolute Gasteiger partial charge is 0.261 e. The molecule has 0 radical (unpaired) electrons. The van der Waals surface area contributed by atoms with Gasteiger partial charge >= 0.3 is 0 Å². The Labute approximate surface area is 218 Å². The Kier molecular flexibility index (Phi) is 10.3. The zero-order chi connectivity index (χ0) is 26.8. The van der Waals surface area contributed by atoms with Crippen molar-refractivity contribution < 1.29 is 32.2 Å². The zero-order valence-corrected chi connectivity index (χ0v) is 22.3.